The van der Waals surface area contributed by atoms with E-state index < -0.39 is 0 Å². The van der Waals surface area contributed by atoms with Crippen molar-refractivity contribution in [1.82, 2.24) is 15.5 Å². The van der Waals surface area contributed by atoms with Gasteiger partial charge < -0.3 is 5.32 Å². The van der Waals surface area contributed by atoms with Gasteiger partial charge in [0.1, 0.15) is 4.60 Å². The maximum Gasteiger partial charge on any atom is 0.108 e. The minimum atomic E-state index is 0.645. The third kappa shape index (κ3) is 2.38. The number of hydrogen-bond acceptors (Lipinski definition) is 2. The predicted molar refractivity (Wildman–Crippen MR) is 73.1 cm³/mol. The monoisotopic (exact) mass is 293 g/mol. The standard InChI is InChI=1S/C13H16BrN3/c14-13-11-8-9(4-5-12(11)16-17-13)7-10-3-1-2-6-15-10/h4-5,8,10,15H,1-3,6-7H2,(H,16,17). The molecule has 1 saturated heterocycles. The summed E-state index contributed by atoms with van der Waals surface area (Å²) in [6, 6.07) is 7.16. The summed E-state index contributed by atoms with van der Waals surface area (Å²) in [7, 11) is 0. The lowest BCUT2D eigenvalue weighted by Gasteiger charge is -2.23. The quantitative estimate of drug-likeness (QED) is 0.894. The normalized spacial score (nSPS) is 20.9. The van der Waals surface area contributed by atoms with Gasteiger partial charge in [-0.1, -0.05) is 12.5 Å². The largest absolute Gasteiger partial charge is 0.314 e. The Morgan fingerprint density at radius 1 is 1.35 bits per heavy atom. The molecule has 1 fully saturated rings. The van der Waals surface area contributed by atoms with Crippen molar-refractivity contribution in [3.63, 3.8) is 0 Å². The molecule has 0 radical (unpaired) electrons. The third-order valence-corrected chi connectivity index (χ3v) is 4.07. The van der Waals surface area contributed by atoms with Crippen LogP contribution in [0, 0.1) is 0 Å². The fourth-order valence-electron chi connectivity index (χ4n) is 2.54. The zero-order valence-electron chi connectivity index (χ0n) is 9.67. The Hall–Kier alpha value is -0.870. The van der Waals surface area contributed by atoms with Crippen LogP contribution < -0.4 is 5.32 Å². The highest BCUT2D eigenvalue weighted by Gasteiger charge is 2.13. The van der Waals surface area contributed by atoms with E-state index in [1.165, 1.54) is 36.8 Å². The lowest BCUT2D eigenvalue weighted by molar-refractivity contribution is 0.399. The SMILES string of the molecule is Brc1[nH]nc2ccc(CC3CCCCN3)cc12. The Kier molecular flexibility index (Phi) is 3.16. The molecule has 1 atom stereocenters. The van der Waals surface area contributed by atoms with E-state index >= 15 is 0 Å². The maximum atomic E-state index is 4.22. The van der Waals surface area contributed by atoms with E-state index in [1.54, 1.807) is 0 Å². The summed E-state index contributed by atoms with van der Waals surface area (Å²) in [5.41, 5.74) is 2.41. The van der Waals surface area contributed by atoms with Crippen LogP contribution in [0.5, 0.6) is 0 Å². The molecule has 0 aliphatic carbocycles. The van der Waals surface area contributed by atoms with Gasteiger partial charge in [-0.25, -0.2) is 0 Å². The maximum absolute atomic E-state index is 4.22. The Bertz CT molecular complexity index is 514. The summed E-state index contributed by atoms with van der Waals surface area (Å²) < 4.78 is 0.978. The highest BCUT2D eigenvalue weighted by atomic mass is 79.9. The van der Waals surface area contributed by atoms with E-state index in [0.717, 1.165) is 16.5 Å². The summed E-state index contributed by atoms with van der Waals surface area (Å²) in [6.45, 7) is 1.17. The number of nitrogens with one attached hydrogen (secondary N) is 2. The minimum Gasteiger partial charge on any atom is -0.314 e. The van der Waals surface area contributed by atoms with Crippen molar-refractivity contribution >= 4 is 26.8 Å². The molecule has 3 nitrogen and oxygen atoms in total. The molecule has 2 heterocycles. The number of hydrogen-bond donors (Lipinski definition) is 2. The van der Waals surface area contributed by atoms with E-state index in [1.807, 2.05) is 0 Å². The molecule has 2 N–H and O–H groups in total. The molecule has 1 aromatic heterocycles. The van der Waals surface area contributed by atoms with E-state index in [4.69, 9.17) is 0 Å². The zero-order chi connectivity index (χ0) is 11.7. The van der Waals surface area contributed by atoms with Crippen LogP contribution in [-0.4, -0.2) is 22.8 Å². The molecule has 0 spiro atoms. The number of aromatic nitrogens is 2. The Balaban J connectivity index is 1.82. The van der Waals surface area contributed by atoms with Crippen LogP contribution in [0.15, 0.2) is 22.8 Å². The number of rotatable bonds is 2. The second-order valence-electron chi connectivity index (χ2n) is 4.74. The molecule has 1 aliphatic heterocycles. The summed E-state index contributed by atoms with van der Waals surface area (Å²) in [4.78, 5) is 0. The van der Waals surface area contributed by atoms with Crippen molar-refractivity contribution in [1.29, 1.82) is 0 Å². The average Bonchev–Trinajstić information content (AvgIpc) is 2.73. The number of H-pyrrole nitrogens is 1. The smallest absolute Gasteiger partial charge is 0.108 e. The average molecular weight is 294 g/mol. The van der Waals surface area contributed by atoms with Gasteiger partial charge in [-0.05, 0) is 59.4 Å². The number of halogens is 1. The molecule has 17 heavy (non-hydrogen) atoms. The lowest BCUT2D eigenvalue weighted by Crippen LogP contribution is -2.35. The molecule has 0 saturated carbocycles. The van der Waals surface area contributed by atoms with Crippen LogP contribution in [0.25, 0.3) is 10.9 Å². The Morgan fingerprint density at radius 3 is 3.12 bits per heavy atom. The molecule has 2 aromatic rings. The van der Waals surface area contributed by atoms with Gasteiger partial charge in [0.2, 0.25) is 0 Å². The van der Waals surface area contributed by atoms with Crippen LogP contribution in [0.4, 0.5) is 0 Å². The van der Waals surface area contributed by atoms with Gasteiger partial charge in [-0.2, -0.15) is 5.10 Å². The number of nitrogens with zero attached hydrogens (tertiary/aromatic N) is 1. The number of fused-ring (bicyclic) bond motifs is 1. The summed E-state index contributed by atoms with van der Waals surface area (Å²) in [6.07, 6.45) is 5.09. The molecule has 4 heteroatoms. The van der Waals surface area contributed by atoms with Crippen molar-refractivity contribution in [2.75, 3.05) is 6.54 Å². The van der Waals surface area contributed by atoms with Crippen LogP contribution in [-0.2, 0) is 6.42 Å². The molecule has 0 bridgehead atoms. The van der Waals surface area contributed by atoms with Gasteiger partial charge in [0.25, 0.3) is 0 Å². The van der Waals surface area contributed by atoms with Crippen molar-refractivity contribution in [3.8, 4) is 0 Å². The third-order valence-electron chi connectivity index (χ3n) is 3.47. The predicted octanol–water partition coefficient (Wildman–Crippen LogP) is 3.01. The lowest BCUT2D eigenvalue weighted by atomic mass is 9.97. The van der Waals surface area contributed by atoms with E-state index in [-0.39, 0.29) is 0 Å². The first-order valence-corrected chi connectivity index (χ1v) is 6.98. The fraction of sp³-hybridized carbons (Fsp3) is 0.462. The molecule has 1 unspecified atom stereocenters. The number of aromatic amines is 1. The minimum absolute atomic E-state index is 0.645. The first kappa shape index (κ1) is 11.2. The topological polar surface area (TPSA) is 40.7 Å². The van der Waals surface area contributed by atoms with Crippen LogP contribution in [0.2, 0.25) is 0 Å². The van der Waals surface area contributed by atoms with Crippen LogP contribution in [0.3, 0.4) is 0 Å². The first-order chi connectivity index (χ1) is 8.33. The van der Waals surface area contributed by atoms with E-state index in [2.05, 4.69) is 49.6 Å². The fourth-order valence-corrected chi connectivity index (χ4v) is 2.94. The molecular formula is C13H16BrN3. The Labute approximate surface area is 109 Å². The number of benzene rings is 1. The zero-order valence-corrected chi connectivity index (χ0v) is 11.3. The summed E-state index contributed by atoms with van der Waals surface area (Å²) in [5.74, 6) is 0. The highest BCUT2D eigenvalue weighted by molar-refractivity contribution is 9.10. The van der Waals surface area contributed by atoms with Gasteiger partial charge in [0.15, 0.2) is 0 Å². The van der Waals surface area contributed by atoms with Crippen molar-refractivity contribution in [3.05, 3.63) is 28.4 Å². The Morgan fingerprint density at radius 2 is 2.29 bits per heavy atom. The molecule has 90 valence electrons. The van der Waals surface area contributed by atoms with Gasteiger partial charge in [0.05, 0.1) is 5.52 Å². The molecule has 1 aromatic carbocycles. The second-order valence-corrected chi connectivity index (χ2v) is 5.53. The van der Waals surface area contributed by atoms with Gasteiger partial charge in [0, 0.05) is 11.4 Å². The highest BCUT2D eigenvalue weighted by Crippen LogP contribution is 2.23. The van der Waals surface area contributed by atoms with Crippen molar-refractivity contribution in [2.24, 2.45) is 0 Å². The molecule has 3 rings (SSSR count). The van der Waals surface area contributed by atoms with E-state index in [9.17, 15) is 0 Å². The summed E-state index contributed by atoms with van der Waals surface area (Å²) >= 11 is 3.49. The van der Waals surface area contributed by atoms with Crippen molar-refractivity contribution in [2.45, 2.75) is 31.7 Å². The molecular weight excluding hydrogens is 278 g/mol. The molecule has 0 amide bonds. The second kappa shape index (κ2) is 4.78. The van der Waals surface area contributed by atoms with Gasteiger partial charge in [-0.15, -0.1) is 0 Å². The van der Waals surface area contributed by atoms with Gasteiger partial charge >= 0.3 is 0 Å². The number of piperidine rings is 1. The first-order valence-electron chi connectivity index (χ1n) is 6.19. The van der Waals surface area contributed by atoms with Crippen LogP contribution >= 0.6 is 15.9 Å². The van der Waals surface area contributed by atoms with Crippen molar-refractivity contribution < 1.29 is 0 Å². The van der Waals surface area contributed by atoms with Gasteiger partial charge in [-0.3, -0.25) is 5.10 Å². The summed E-state index contributed by atoms with van der Waals surface area (Å²) in [5, 5.41) is 11.9. The van der Waals surface area contributed by atoms with E-state index in [0.29, 0.717) is 6.04 Å². The van der Waals surface area contributed by atoms with Crippen LogP contribution in [0.1, 0.15) is 24.8 Å². The molecule has 1 aliphatic rings.